The van der Waals surface area contributed by atoms with Crippen LogP contribution in [0.1, 0.15) is 37.3 Å². The summed E-state index contributed by atoms with van der Waals surface area (Å²) in [5.41, 5.74) is 1.22. The number of nitrogens with zero attached hydrogens (tertiary/aromatic N) is 3. The molecule has 6 heteroatoms. The van der Waals surface area contributed by atoms with E-state index in [0.717, 1.165) is 18.4 Å². The smallest absolute Gasteiger partial charge is 0.270 e. The van der Waals surface area contributed by atoms with Gasteiger partial charge >= 0.3 is 0 Å². The Balaban J connectivity index is 1.83. The Morgan fingerprint density at radius 1 is 1.36 bits per heavy atom. The molecule has 0 radical (unpaired) electrons. The summed E-state index contributed by atoms with van der Waals surface area (Å²) in [5, 5.41) is 5.31. The summed E-state index contributed by atoms with van der Waals surface area (Å²) < 4.78 is 13.4. The highest BCUT2D eigenvalue weighted by molar-refractivity contribution is 6.39. The van der Waals surface area contributed by atoms with Crippen molar-refractivity contribution in [1.29, 1.82) is 0 Å². The van der Waals surface area contributed by atoms with Crippen LogP contribution in [0.2, 0.25) is 0 Å². The summed E-state index contributed by atoms with van der Waals surface area (Å²) in [6, 6.07) is 6.27. The second-order valence-corrected chi connectivity index (χ2v) is 5.68. The molecule has 22 heavy (non-hydrogen) atoms. The molecule has 2 heterocycles. The van der Waals surface area contributed by atoms with Crippen LogP contribution in [-0.4, -0.2) is 41.0 Å². The van der Waals surface area contributed by atoms with Crippen LogP contribution in [0.3, 0.4) is 0 Å². The molecule has 2 aliphatic rings. The molecule has 1 aromatic carbocycles. The summed E-state index contributed by atoms with van der Waals surface area (Å²) >= 11 is 0. The number of likely N-dealkylation sites (tertiary alicyclic amines) is 1. The molecule has 1 atom stereocenters. The number of halogens is 1. The molecule has 2 aliphatic heterocycles. The van der Waals surface area contributed by atoms with Crippen LogP contribution in [0.15, 0.2) is 29.4 Å². The van der Waals surface area contributed by atoms with Gasteiger partial charge in [0.15, 0.2) is 0 Å². The van der Waals surface area contributed by atoms with Gasteiger partial charge in [-0.1, -0.05) is 12.1 Å². The van der Waals surface area contributed by atoms with Crippen LogP contribution in [0.25, 0.3) is 0 Å². The molecule has 1 saturated heterocycles. The molecular weight excluding hydrogens is 285 g/mol. The maximum absolute atomic E-state index is 13.4. The van der Waals surface area contributed by atoms with Crippen LogP contribution < -0.4 is 0 Å². The topological polar surface area (TPSA) is 53.0 Å². The lowest BCUT2D eigenvalue weighted by molar-refractivity contribution is -0.130. The molecule has 0 N–H and O–H groups in total. The van der Waals surface area contributed by atoms with Crippen LogP contribution >= 0.6 is 0 Å². The predicted molar refractivity (Wildman–Crippen MR) is 79.5 cm³/mol. The van der Waals surface area contributed by atoms with E-state index >= 15 is 0 Å². The Morgan fingerprint density at radius 3 is 2.91 bits per heavy atom. The van der Waals surface area contributed by atoms with Crippen molar-refractivity contribution in [2.45, 2.75) is 31.7 Å². The first kappa shape index (κ1) is 14.7. The van der Waals surface area contributed by atoms with Gasteiger partial charge < -0.3 is 4.90 Å². The third-order valence-corrected chi connectivity index (χ3v) is 4.20. The quantitative estimate of drug-likeness (QED) is 0.840. The molecule has 0 unspecified atom stereocenters. The van der Waals surface area contributed by atoms with Gasteiger partial charge in [0, 0.05) is 26.4 Å². The molecule has 0 aromatic heterocycles. The summed E-state index contributed by atoms with van der Waals surface area (Å²) in [7, 11) is 1.56. The van der Waals surface area contributed by atoms with Gasteiger partial charge in [-0.2, -0.15) is 5.10 Å². The molecule has 0 spiro atoms. The van der Waals surface area contributed by atoms with Gasteiger partial charge in [0.25, 0.3) is 5.91 Å². The number of carbonyl (C=O) groups excluding carboxylic acids is 2. The van der Waals surface area contributed by atoms with Crippen LogP contribution in [0, 0.1) is 5.82 Å². The zero-order valence-electron chi connectivity index (χ0n) is 12.5. The predicted octanol–water partition coefficient (Wildman–Crippen LogP) is 2.10. The summed E-state index contributed by atoms with van der Waals surface area (Å²) in [4.78, 5) is 25.9. The minimum atomic E-state index is -0.294. The number of rotatable bonds is 2. The Bertz CT molecular complexity index is 644. The lowest BCUT2D eigenvalue weighted by Gasteiger charge is -2.27. The average Bonchev–Trinajstić information content (AvgIpc) is 2.99. The van der Waals surface area contributed by atoms with Crippen molar-refractivity contribution in [3.05, 3.63) is 35.6 Å². The van der Waals surface area contributed by atoms with Crippen molar-refractivity contribution >= 4 is 17.5 Å². The Labute approximate surface area is 128 Å². The number of carbonyl (C=O) groups is 2. The fourth-order valence-electron chi connectivity index (χ4n) is 3.06. The molecule has 0 bridgehead atoms. The van der Waals surface area contributed by atoms with Gasteiger partial charge in [-0.05, 0) is 30.5 Å². The van der Waals surface area contributed by atoms with E-state index in [1.807, 2.05) is 6.07 Å². The van der Waals surface area contributed by atoms with Crippen molar-refractivity contribution in [1.82, 2.24) is 9.91 Å². The maximum atomic E-state index is 13.4. The molecule has 1 fully saturated rings. The highest BCUT2D eigenvalue weighted by atomic mass is 19.1. The Hall–Kier alpha value is -2.24. The molecule has 5 nitrogen and oxygen atoms in total. The van der Waals surface area contributed by atoms with Crippen molar-refractivity contribution in [3.8, 4) is 0 Å². The number of hydrogen-bond donors (Lipinski definition) is 0. The molecule has 0 saturated carbocycles. The van der Waals surface area contributed by atoms with Gasteiger partial charge in [0.1, 0.15) is 11.5 Å². The van der Waals surface area contributed by atoms with Crippen molar-refractivity contribution in [2.75, 3.05) is 13.6 Å². The molecule has 3 rings (SSSR count). The number of hydrazone groups is 1. The summed E-state index contributed by atoms with van der Waals surface area (Å²) in [6.45, 7) is 0.636. The second kappa shape index (κ2) is 5.87. The number of hydrogen-bond acceptors (Lipinski definition) is 3. The first-order valence-electron chi connectivity index (χ1n) is 7.47. The van der Waals surface area contributed by atoms with E-state index in [4.69, 9.17) is 0 Å². The lowest BCUT2D eigenvalue weighted by atomic mass is 10.0. The summed E-state index contributed by atoms with van der Waals surface area (Å²) in [5.74, 6) is -0.525. The van der Waals surface area contributed by atoms with Crippen molar-refractivity contribution in [3.63, 3.8) is 0 Å². The minimum Gasteiger partial charge on any atom is -0.330 e. The maximum Gasteiger partial charge on any atom is 0.270 e. The first-order valence-corrected chi connectivity index (χ1v) is 7.47. The summed E-state index contributed by atoms with van der Waals surface area (Å²) in [6.07, 6.45) is 2.38. The van der Waals surface area contributed by atoms with Gasteiger partial charge in [-0.25, -0.2) is 9.40 Å². The van der Waals surface area contributed by atoms with Gasteiger partial charge in [0.2, 0.25) is 5.91 Å². The second-order valence-electron chi connectivity index (χ2n) is 5.68. The van der Waals surface area contributed by atoms with Crippen molar-refractivity contribution < 1.29 is 14.0 Å². The highest BCUT2D eigenvalue weighted by Crippen LogP contribution is 2.32. The third kappa shape index (κ3) is 2.73. The van der Waals surface area contributed by atoms with Crippen LogP contribution in [-0.2, 0) is 9.59 Å². The molecule has 1 aromatic rings. The van der Waals surface area contributed by atoms with Crippen molar-refractivity contribution in [2.24, 2.45) is 5.10 Å². The molecule has 2 amide bonds. The Kier molecular flexibility index (Phi) is 3.92. The van der Waals surface area contributed by atoms with E-state index in [1.54, 1.807) is 18.0 Å². The largest absolute Gasteiger partial charge is 0.330 e. The molecule has 116 valence electrons. The standard InChI is InChI=1S/C16H18FN3O2/c1-19-15(21)8-7-13(18-19)16(22)20-9-3-6-14(20)11-4-2-5-12(17)10-11/h2,4-5,10,14H,3,6-9H2,1H3/t14-/m0/s1. The highest BCUT2D eigenvalue weighted by Gasteiger charge is 2.34. The van der Waals surface area contributed by atoms with Gasteiger partial charge in [0.05, 0.1) is 6.04 Å². The van der Waals surface area contributed by atoms with E-state index in [-0.39, 0.29) is 23.7 Å². The first-order chi connectivity index (χ1) is 10.6. The zero-order chi connectivity index (χ0) is 15.7. The van der Waals surface area contributed by atoms with Crippen LogP contribution in [0.4, 0.5) is 4.39 Å². The van der Waals surface area contributed by atoms with E-state index in [2.05, 4.69) is 5.10 Å². The van der Waals surface area contributed by atoms with Crippen LogP contribution in [0.5, 0.6) is 0 Å². The van der Waals surface area contributed by atoms with E-state index in [1.165, 1.54) is 17.1 Å². The van der Waals surface area contributed by atoms with E-state index in [9.17, 15) is 14.0 Å². The van der Waals surface area contributed by atoms with E-state index in [0.29, 0.717) is 25.1 Å². The monoisotopic (exact) mass is 303 g/mol. The third-order valence-electron chi connectivity index (χ3n) is 4.20. The number of benzene rings is 1. The normalized spacial score (nSPS) is 22.0. The average molecular weight is 303 g/mol. The lowest BCUT2D eigenvalue weighted by Crippen LogP contribution is -2.40. The molecular formula is C16H18FN3O2. The van der Waals surface area contributed by atoms with E-state index < -0.39 is 0 Å². The fourth-order valence-corrected chi connectivity index (χ4v) is 3.06. The minimum absolute atomic E-state index is 0.0837. The zero-order valence-corrected chi connectivity index (χ0v) is 12.5. The van der Waals surface area contributed by atoms with Gasteiger partial charge in [-0.3, -0.25) is 9.59 Å². The Morgan fingerprint density at radius 2 is 2.18 bits per heavy atom. The fraction of sp³-hybridized carbons (Fsp3) is 0.438. The molecule has 0 aliphatic carbocycles. The van der Waals surface area contributed by atoms with Gasteiger partial charge in [-0.15, -0.1) is 0 Å². The SMILES string of the molecule is CN1N=C(C(=O)N2CCC[C@H]2c2cccc(F)c2)CCC1=O. The number of amides is 2.